The molecule has 3 rings (SSSR count). The first kappa shape index (κ1) is 20.1. The van der Waals surface area contributed by atoms with Crippen LogP contribution in [0.3, 0.4) is 0 Å². The number of amides is 1. The van der Waals surface area contributed by atoms with Crippen LogP contribution in [0.4, 0.5) is 4.39 Å². The zero-order valence-electron chi connectivity index (χ0n) is 16.3. The van der Waals surface area contributed by atoms with Gasteiger partial charge in [-0.3, -0.25) is 4.79 Å². The molecule has 1 unspecified atom stereocenters. The molecule has 0 heterocycles. The van der Waals surface area contributed by atoms with Crippen LogP contribution < -0.4 is 20.5 Å². The Labute approximate surface area is 165 Å². The van der Waals surface area contributed by atoms with Gasteiger partial charge in [-0.1, -0.05) is 18.2 Å². The molecule has 6 heteroatoms. The number of halogens is 1. The van der Waals surface area contributed by atoms with E-state index >= 15 is 0 Å². The van der Waals surface area contributed by atoms with Crippen molar-refractivity contribution in [2.75, 3.05) is 13.7 Å². The van der Waals surface area contributed by atoms with Gasteiger partial charge >= 0.3 is 0 Å². The quantitative estimate of drug-likeness (QED) is 0.726. The van der Waals surface area contributed by atoms with Crippen molar-refractivity contribution in [2.24, 2.45) is 5.73 Å². The highest BCUT2D eigenvalue weighted by molar-refractivity contribution is 5.75. The number of methoxy groups -OCH3 is 1. The van der Waals surface area contributed by atoms with Crippen LogP contribution in [0.15, 0.2) is 42.5 Å². The average molecular weight is 386 g/mol. The number of ether oxygens (including phenoxy) is 2. The molecule has 2 aromatic rings. The Kier molecular flexibility index (Phi) is 6.52. The van der Waals surface area contributed by atoms with E-state index in [9.17, 15) is 9.18 Å². The number of hydrogen-bond donors (Lipinski definition) is 2. The molecule has 0 aromatic heterocycles. The van der Waals surface area contributed by atoms with Gasteiger partial charge in [-0.15, -0.1) is 0 Å². The molecule has 150 valence electrons. The summed E-state index contributed by atoms with van der Waals surface area (Å²) in [6.45, 7) is 1.97. The fraction of sp³-hybridized carbons (Fsp3) is 0.409. The van der Waals surface area contributed by atoms with Gasteiger partial charge in [0.05, 0.1) is 7.11 Å². The molecule has 1 fully saturated rings. The fourth-order valence-corrected chi connectivity index (χ4v) is 3.91. The van der Waals surface area contributed by atoms with Gasteiger partial charge in [0.25, 0.3) is 5.91 Å². The lowest BCUT2D eigenvalue weighted by Crippen LogP contribution is -2.29. The Morgan fingerprint density at radius 1 is 1.25 bits per heavy atom. The van der Waals surface area contributed by atoms with Crippen LogP contribution in [-0.4, -0.2) is 25.7 Å². The number of nitrogens with two attached hydrogens (primary N) is 1. The van der Waals surface area contributed by atoms with Crippen molar-refractivity contribution < 1.29 is 18.7 Å². The number of rotatable bonds is 8. The van der Waals surface area contributed by atoms with Crippen molar-refractivity contribution in [3.63, 3.8) is 0 Å². The number of nitrogens with one attached hydrogen (secondary N) is 1. The zero-order chi connectivity index (χ0) is 20.1. The Morgan fingerprint density at radius 3 is 2.68 bits per heavy atom. The first-order valence-electron chi connectivity index (χ1n) is 9.56. The molecule has 1 aliphatic rings. The van der Waals surface area contributed by atoms with Crippen LogP contribution in [0.2, 0.25) is 0 Å². The molecule has 0 aliphatic heterocycles. The lowest BCUT2D eigenvalue weighted by molar-refractivity contribution is -0.119. The molecule has 5 nitrogen and oxygen atoms in total. The summed E-state index contributed by atoms with van der Waals surface area (Å²) in [6.07, 6.45) is 3.22. The van der Waals surface area contributed by atoms with E-state index in [1.807, 2.05) is 12.1 Å². The Hall–Kier alpha value is -2.60. The molecule has 0 bridgehead atoms. The van der Waals surface area contributed by atoms with E-state index in [0.717, 1.165) is 24.8 Å². The second kappa shape index (κ2) is 9.06. The average Bonchev–Trinajstić information content (AvgIpc) is 3.14. The van der Waals surface area contributed by atoms with Crippen molar-refractivity contribution >= 4 is 5.91 Å². The number of hydrogen-bond acceptors (Lipinski definition) is 4. The number of carbonyl (C=O) groups is 1. The third-order valence-corrected chi connectivity index (χ3v) is 5.31. The summed E-state index contributed by atoms with van der Waals surface area (Å²) in [5.74, 6) is 0.913. The largest absolute Gasteiger partial charge is 0.496 e. The Bertz CT molecular complexity index is 810. The molecule has 1 saturated carbocycles. The summed E-state index contributed by atoms with van der Waals surface area (Å²) in [4.78, 5) is 10.8. The van der Waals surface area contributed by atoms with Gasteiger partial charge in [0.1, 0.15) is 17.3 Å². The van der Waals surface area contributed by atoms with Crippen LogP contribution in [0.25, 0.3) is 0 Å². The normalized spacial score (nSPS) is 20.0. The van der Waals surface area contributed by atoms with Crippen molar-refractivity contribution in [1.29, 1.82) is 0 Å². The van der Waals surface area contributed by atoms with Crippen molar-refractivity contribution in [3.05, 3.63) is 59.4 Å². The third-order valence-electron chi connectivity index (χ3n) is 5.31. The lowest BCUT2D eigenvalue weighted by Gasteiger charge is -2.22. The minimum Gasteiger partial charge on any atom is -0.496 e. The van der Waals surface area contributed by atoms with Gasteiger partial charge in [0.2, 0.25) is 0 Å². The molecule has 2 aromatic carbocycles. The first-order chi connectivity index (χ1) is 13.5. The molecule has 1 amide bonds. The third kappa shape index (κ3) is 5.01. The maximum Gasteiger partial charge on any atom is 0.255 e. The predicted octanol–water partition coefficient (Wildman–Crippen LogP) is 3.69. The molecule has 28 heavy (non-hydrogen) atoms. The van der Waals surface area contributed by atoms with Crippen molar-refractivity contribution in [2.45, 2.75) is 44.2 Å². The molecule has 0 saturated heterocycles. The maximum absolute atomic E-state index is 13.4. The summed E-state index contributed by atoms with van der Waals surface area (Å²) in [5, 5.41) is 3.65. The second-order valence-electron chi connectivity index (χ2n) is 7.31. The molecule has 3 N–H and O–H groups in total. The minimum absolute atomic E-state index is 0.0730. The zero-order valence-corrected chi connectivity index (χ0v) is 16.3. The van der Waals surface area contributed by atoms with Gasteiger partial charge < -0.3 is 20.5 Å². The van der Waals surface area contributed by atoms with Crippen molar-refractivity contribution in [1.82, 2.24) is 5.32 Å². The summed E-state index contributed by atoms with van der Waals surface area (Å²) < 4.78 is 24.1. The summed E-state index contributed by atoms with van der Waals surface area (Å²) >= 11 is 0. The number of benzene rings is 2. The van der Waals surface area contributed by atoms with Crippen LogP contribution in [0.1, 0.15) is 49.3 Å². The van der Waals surface area contributed by atoms with E-state index in [0.29, 0.717) is 23.5 Å². The number of primary amides is 1. The van der Waals surface area contributed by atoms with E-state index in [1.54, 1.807) is 13.2 Å². The molecular formula is C22H27FN2O3. The standard InChI is InChI=1S/C22H27FN2O3/c1-14(20-10-6-17(23)12-21(20)27-2)25-18-7-3-16(11-18)15-4-8-19(9-5-15)28-13-22(24)26/h4-6,8-10,12,14,16,18,25H,3,7,11,13H2,1-2H3,(H2,24,26)/t14-,16?,18-/m1/s1. The van der Waals surface area contributed by atoms with E-state index in [2.05, 4.69) is 24.4 Å². The molecule has 0 spiro atoms. The van der Waals surface area contributed by atoms with E-state index in [1.165, 1.54) is 17.7 Å². The SMILES string of the molecule is COc1cc(F)ccc1[C@@H](C)N[C@@H]1CCC(c2ccc(OCC(N)=O)cc2)C1. The van der Waals surface area contributed by atoms with E-state index in [-0.39, 0.29) is 18.5 Å². The van der Waals surface area contributed by atoms with Crippen LogP contribution in [-0.2, 0) is 4.79 Å². The van der Waals surface area contributed by atoms with Gasteiger partial charge in [0, 0.05) is 23.7 Å². The predicted molar refractivity (Wildman–Crippen MR) is 106 cm³/mol. The molecule has 0 radical (unpaired) electrons. The van der Waals surface area contributed by atoms with Gasteiger partial charge in [-0.05, 0) is 55.9 Å². The summed E-state index contributed by atoms with van der Waals surface area (Å²) in [6, 6.07) is 13.0. The van der Waals surface area contributed by atoms with Crippen LogP contribution in [0, 0.1) is 5.82 Å². The Balaban J connectivity index is 1.57. The highest BCUT2D eigenvalue weighted by Crippen LogP contribution is 2.36. The van der Waals surface area contributed by atoms with E-state index < -0.39 is 5.91 Å². The topological polar surface area (TPSA) is 73.6 Å². The molecule has 1 aliphatic carbocycles. The van der Waals surface area contributed by atoms with Crippen LogP contribution >= 0.6 is 0 Å². The smallest absolute Gasteiger partial charge is 0.255 e. The van der Waals surface area contributed by atoms with Gasteiger partial charge in [0.15, 0.2) is 6.61 Å². The van der Waals surface area contributed by atoms with Crippen molar-refractivity contribution in [3.8, 4) is 11.5 Å². The first-order valence-corrected chi connectivity index (χ1v) is 9.56. The van der Waals surface area contributed by atoms with Gasteiger partial charge in [-0.2, -0.15) is 0 Å². The minimum atomic E-state index is -0.485. The fourth-order valence-electron chi connectivity index (χ4n) is 3.91. The van der Waals surface area contributed by atoms with E-state index in [4.69, 9.17) is 15.2 Å². The molecule has 3 atom stereocenters. The maximum atomic E-state index is 13.4. The summed E-state index contributed by atoms with van der Waals surface area (Å²) in [5.41, 5.74) is 7.32. The highest BCUT2D eigenvalue weighted by atomic mass is 19.1. The lowest BCUT2D eigenvalue weighted by atomic mass is 9.97. The Morgan fingerprint density at radius 2 is 2.00 bits per heavy atom. The van der Waals surface area contributed by atoms with Gasteiger partial charge in [-0.25, -0.2) is 4.39 Å². The number of carbonyl (C=O) groups excluding carboxylic acids is 1. The molecular weight excluding hydrogens is 359 g/mol. The van der Waals surface area contributed by atoms with Crippen LogP contribution in [0.5, 0.6) is 11.5 Å². The monoisotopic (exact) mass is 386 g/mol. The highest BCUT2D eigenvalue weighted by Gasteiger charge is 2.27. The second-order valence-corrected chi connectivity index (χ2v) is 7.31. The summed E-state index contributed by atoms with van der Waals surface area (Å²) in [7, 11) is 1.56.